The second-order valence-corrected chi connectivity index (χ2v) is 3.53. The lowest BCUT2D eigenvalue weighted by Crippen LogP contribution is -2.21. The number of nitrogens with one attached hydrogen (secondary N) is 1. The third-order valence-electron chi connectivity index (χ3n) is 1.90. The van der Waals surface area contributed by atoms with E-state index in [1.54, 1.807) is 0 Å². The number of alkyl halides is 3. The lowest BCUT2D eigenvalue weighted by Gasteiger charge is -2.11. The minimum absolute atomic E-state index is 0.0305. The molecule has 8 heteroatoms. The Hall–Kier alpha value is -1.99. The summed E-state index contributed by atoms with van der Waals surface area (Å²) in [4.78, 5) is 14.0. The molecule has 0 fully saturated rings. The Morgan fingerprint density at radius 1 is 1.56 bits per heavy atom. The van der Waals surface area contributed by atoms with Gasteiger partial charge in [-0.25, -0.2) is 9.78 Å². The SMILES string of the molecule is Cc1cc(CNC(=O)O)cnc1OCC(F)(F)F. The molecular formula is C10H11F3N2O3. The summed E-state index contributed by atoms with van der Waals surface area (Å²) in [5.74, 6) is -0.119. The number of amides is 1. The maximum atomic E-state index is 11.9. The van der Waals surface area contributed by atoms with Crippen LogP contribution >= 0.6 is 0 Å². The van der Waals surface area contributed by atoms with Gasteiger partial charge < -0.3 is 15.2 Å². The maximum Gasteiger partial charge on any atom is 0.422 e. The molecule has 0 atom stereocenters. The van der Waals surface area contributed by atoms with Crippen molar-refractivity contribution in [3.8, 4) is 5.88 Å². The molecule has 18 heavy (non-hydrogen) atoms. The summed E-state index contributed by atoms with van der Waals surface area (Å²) < 4.78 is 40.3. The topological polar surface area (TPSA) is 71.5 Å². The highest BCUT2D eigenvalue weighted by Crippen LogP contribution is 2.20. The van der Waals surface area contributed by atoms with E-state index >= 15 is 0 Å². The number of hydrogen-bond donors (Lipinski definition) is 2. The van der Waals surface area contributed by atoms with Crippen molar-refractivity contribution in [1.82, 2.24) is 10.3 Å². The number of ether oxygens (including phenoxy) is 1. The first kappa shape index (κ1) is 14.1. The Morgan fingerprint density at radius 2 is 2.22 bits per heavy atom. The van der Waals surface area contributed by atoms with Gasteiger partial charge in [0, 0.05) is 18.3 Å². The molecule has 0 aliphatic heterocycles. The lowest BCUT2D eigenvalue weighted by molar-refractivity contribution is -0.154. The zero-order valence-corrected chi connectivity index (χ0v) is 9.41. The Bertz CT molecular complexity index is 435. The van der Waals surface area contributed by atoms with Crippen molar-refractivity contribution < 1.29 is 27.8 Å². The molecule has 1 heterocycles. The molecule has 0 saturated heterocycles. The summed E-state index contributed by atoms with van der Waals surface area (Å²) in [6.45, 7) is 0.152. The fourth-order valence-corrected chi connectivity index (χ4v) is 1.20. The summed E-state index contributed by atoms with van der Waals surface area (Å²) in [6.07, 6.45) is -4.35. The number of aryl methyl sites for hydroxylation is 1. The molecule has 5 nitrogen and oxygen atoms in total. The predicted octanol–water partition coefficient (Wildman–Crippen LogP) is 2.10. The first-order chi connectivity index (χ1) is 8.28. The Kier molecular flexibility index (Phi) is 4.35. The van der Waals surface area contributed by atoms with Gasteiger partial charge in [-0.3, -0.25) is 0 Å². The largest absolute Gasteiger partial charge is 0.468 e. The van der Waals surface area contributed by atoms with Crippen molar-refractivity contribution in [3.63, 3.8) is 0 Å². The number of pyridine rings is 1. The average Bonchev–Trinajstić information content (AvgIpc) is 2.23. The fraction of sp³-hybridized carbons (Fsp3) is 0.400. The molecular weight excluding hydrogens is 253 g/mol. The molecule has 0 aliphatic rings. The molecule has 1 aromatic rings. The van der Waals surface area contributed by atoms with Crippen LogP contribution in [-0.2, 0) is 6.54 Å². The number of halogens is 3. The van der Waals surface area contributed by atoms with Crippen LogP contribution in [0.5, 0.6) is 5.88 Å². The maximum absolute atomic E-state index is 11.9. The van der Waals surface area contributed by atoms with Crippen LogP contribution in [-0.4, -0.2) is 29.0 Å². The number of carbonyl (C=O) groups is 1. The molecule has 0 radical (unpaired) electrons. The van der Waals surface area contributed by atoms with Crippen LogP contribution in [0.15, 0.2) is 12.3 Å². The summed E-state index contributed by atoms with van der Waals surface area (Å²) >= 11 is 0. The average molecular weight is 264 g/mol. The van der Waals surface area contributed by atoms with Gasteiger partial charge in [0.05, 0.1) is 0 Å². The van der Waals surface area contributed by atoms with Crippen molar-refractivity contribution >= 4 is 6.09 Å². The van der Waals surface area contributed by atoms with Crippen LogP contribution in [0.25, 0.3) is 0 Å². The van der Waals surface area contributed by atoms with Crippen molar-refractivity contribution in [2.24, 2.45) is 0 Å². The molecule has 0 saturated carbocycles. The molecule has 100 valence electrons. The van der Waals surface area contributed by atoms with Crippen LogP contribution in [0, 0.1) is 6.92 Å². The molecule has 0 unspecified atom stereocenters. The van der Waals surface area contributed by atoms with Crippen LogP contribution in [0.1, 0.15) is 11.1 Å². The third-order valence-corrected chi connectivity index (χ3v) is 1.90. The van der Waals surface area contributed by atoms with Gasteiger partial charge in [0.15, 0.2) is 6.61 Å². The zero-order chi connectivity index (χ0) is 13.8. The van der Waals surface area contributed by atoms with Crippen molar-refractivity contribution in [2.75, 3.05) is 6.61 Å². The summed E-state index contributed by atoms with van der Waals surface area (Å²) in [5.41, 5.74) is 0.943. The molecule has 0 aromatic carbocycles. The number of nitrogens with zero attached hydrogens (tertiary/aromatic N) is 1. The molecule has 0 aliphatic carbocycles. The third kappa shape index (κ3) is 4.89. The van der Waals surface area contributed by atoms with Gasteiger partial charge in [-0.1, -0.05) is 0 Å². The van der Waals surface area contributed by atoms with E-state index in [2.05, 4.69) is 15.0 Å². The number of aromatic nitrogens is 1. The van der Waals surface area contributed by atoms with Crippen LogP contribution in [0.3, 0.4) is 0 Å². The van der Waals surface area contributed by atoms with Gasteiger partial charge >= 0.3 is 12.3 Å². The van der Waals surface area contributed by atoms with Gasteiger partial charge in [-0.05, 0) is 18.6 Å². The van der Waals surface area contributed by atoms with E-state index in [4.69, 9.17) is 5.11 Å². The van der Waals surface area contributed by atoms with Gasteiger partial charge in [0.1, 0.15) is 0 Å². The summed E-state index contributed by atoms with van der Waals surface area (Å²) in [6, 6.07) is 1.51. The van der Waals surface area contributed by atoms with E-state index in [0.717, 1.165) is 0 Å². The molecule has 0 bridgehead atoms. The number of rotatable bonds is 4. The highest BCUT2D eigenvalue weighted by Gasteiger charge is 2.28. The Labute approximate surface area is 101 Å². The standard InChI is InChI=1S/C10H11F3N2O3/c1-6-2-7(4-15-9(16)17)3-14-8(6)18-5-10(11,12)13/h2-3,15H,4-5H2,1H3,(H,16,17). The van der Waals surface area contributed by atoms with Crippen molar-refractivity contribution in [1.29, 1.82) is 0 Å². The smallest absolute Gasteiger partial charge is 0.422 e. The van der Waals surface area contributed by atoms with E-state index < -0.39 is 18.9 Å². The Morgan fingerprint density at radius 3 is 2.72 bits per heavy atom. The normalized spacial score (nSPS) is 11.1. The molecule has 1 aromatic heterocycles. The number of hydrogen-bond acceptors (Lipinski definition) is 3. The first-order valence-electron chi connectivity index (χ1n) is 4.90. The van der Waals surface area contributed by atoms with E-state index in [-0.39, 0.29) is 12.4 Å². The van der Waals surface area contributed by atoms with E-state index in [1.165, 1.54) is 19.2 Å². The van der Waals surface area contributed by atoms with Crippen molar-refractivity contribution in [3.05, 3.63) is 23.4 Å². The fourth-order valence-electron chi connectivity index (χ4n) is 1.20. The highest BCUT2D eigenvalue weighted by atomic mass is 19.4. The minimum Gasteiger partial charge on any atom is -0.468 e. The van der Waals surface area contributed by atoms with Gasteiger partial charge in [0.2, 0.25) is 5.88 Å². The predicted molar refractivity (Wildman–Crippen MR) is 55.4 cm³/mol. The monoisotopic (exact) mass is 264 g/mol. The number of carboxylic acid groups (broad SMARTS) is 1. The van der Waals surface area contributed by atoms with Crippen LogP contribution in [0.4, 0.5) is 18.0 Å². The second kappa shape index (κ2) is 5.56. The Balaban J connectivity index is 2.65. The van der Waals surface area contributed by atoms with E-state index in [9.17, 15) is 18.0 Å². The van der Waals surface area contributed by atoms with Gasteiger partial charge in [-0.2, -0.15) is 13.2 Å². The van der Waals surface area contributed by atoms with E-state index in [1.807, 2.05) is 0 Å². The minimum atomic E-state index is -4.42. The first-order valence-corrected chi connectivity index (χ1v) is 4.90. The molecule has 1 rings (SSSR count). The van der Waals surface area contributed by atoms with Gasteiger partial charge in [-0.15, -0.1) is 0 Å². The molecule has 2 N–H and O–H groups in total. The summed E-state index contributed by atoms with van der Waals surface area (Å²) in [5, 5.41) is 10.5. The molecule has 1 amide bonds. The summed E-state index contributed by atoms with van der Waals surface area (Å²) in [7, 11) is 0. The second-order valence-electron chi connectivity index (χ2n) is 3.53. The highest BCUT2D eigenvalue weighted by molar-refractivity contribution is 5.64. The molecule has 0 spiro atoms. The van der Waals surface area contributed by atoms with Gasteiger partial charge in [0.25, 0.3) is 0 Å². The lowest BCUT2D eigenvalue weighted by atomic mass is 10.2. The van der Waals surface area contributed by atoms with E-state index in [0.29, 0.717) is 11.1 Å². The van der Waals surface area contributed by atoms with Crippen molar-refractivity contribution in [2.45, 2.75) is 19.6 Å². The van der Waals surface area contributed by atoms with Crippen LogP contribution < -0.4 is 10.1 Å². The quantitative estimate of drug-likeness (QED) is 0.873. The van der Waals surface area contributed by atoms with Crippen LogP contribution in [0.2, 0.25) is 0 Å². The zero-order valence-electron chi connectivity index (χ0n) is 9.41.